The van der Waals surface area contributed by atoms with Crippen LogP contribution in [0.3, 0.4) is 0 Å². The van der Waals surface area contributed by atoms with Gasteiger partial charge >= 0.3 is 0 Å². The molecular formula is C15H21BrN2O2. The molecule has 0 aromatic heterocycles. The third-order valence-corrected chi connectivity index (χ3v) is 4.72. The fraction of sp³-hybridized carbons (Fsp3) is 0.600. The molecule has 0 bridgehead atoms. The van der Waals surface area contributed by atoms with Gasteiger partial charge in [0.1, 0.15) is 5.69 Å². The predicted molar refractivity (Wildman–Crippen MR) is 85.0 cm³/mol. The van der Waals surface area contributed by atoms with Crippen LogP contribution in [0.1, 0.15) is 39.5 Å². The van der Waals surface area contributed by atoms with Gasteiger partial charge < -0.3 is 5.32 Å². The lowest BCUT2D eigenvalue weighted by atomic mass is 9.79. The molecule has 1 aromatic rings. The molecule has 1 aromatic carbocycles. The Bertz CT molecular complexity index is 483. The highest BCUT2D eigenvalue weighted by molar-refractivity contribution is 9.10. The second kappa shape index (κ2) is 6.57. The molecular weight excluding hydrogens is 320 g/mol. The van der Waals surface area contributed by atoms with Gasteiger partial charge in [0.15, 0.2) is 0 Å². The number of nitrogens with zero attached hydrogens (tertiary/aromatic N) is 1. The summed E-state index contributed by atoms with van der Waals surface area (Å²) in [5, 5.41) is 14.5. The van der Waals surface area contributed by atoms with Crippen molar-refractivity contribution in [3.05, 3.63) is 32.8 Å². The summed E-state index contributed by atoms with van der Waals surface area (Å²) < 4.78 is 0.735. The first-order valence-electron chi connectivity index (χ1n) is 7.18. The number of hydrogen-bond acceptors (Lipinski definition) is 3. The summed E-state index contributed by atoms with van der Waals surface area (Å²) in [5.41, 5.74) is 0.775. The largest absolute Gasteiger partial charge is 0.377 e. The molecule has 4 nitrogen and oxygen atoms in total. The summed E-state index contributed by atoms with van der Waals surface area (Å²) in [6, 6.07) is 5.54. The Hall–Kier alpha value is -1.10. The molecule has 110 valence electrons. The van der Waals surface area contributed by atoms with Crippen LogP contribution in [0.25, 0.3) is 0 Å². The lowest BCUT2D eigenvalue weighted by Crippen LogP contribution is -2.28. The molecule has 1 saturated carbocycles. The van der Waals surface area contributed by atoms with Gasteiger partial charge in [0.25, 0.3) is 5.69 Å². The van der Waals surface area contributed by atoms with Crippen molar-refractivity contribution >= 4 is 27.3 Å². The topological polar surface area (TPSA) is 55.2 Å². The summed E-state index contributed by atoms with van der Waals surface area (Å²) in [5.74, 6) is 1.53. The van der Waals surface area contributed by atoms with Crippen LogP contribution in [0.15, 0.2) is 22.7 Å². The van der Waals surface area contributed by atoms with Crippen molar-refractivity contribution in [1.29, 1.82) is 0 Å². The highest BCUT2D eigenvalue weighted by atomic mass is 79.9. The number of nitro groups is 1. The van der Waals surface area contributed by atoms with E-state index in [1.807, 2.05) is 6.07 Å². The molecule has 0 saturated heterocycles. The molecule has 0 unspecified atom stereocenters. The third kappa shape index (κ3) is 3.72. The molecule has 0 spiro atoms. The summed E-state index contributed by atoms with van der Waals surface area (Å²) in [6.45, 7) is 4.55. The van der Waals surface area contributed by atoms with Gasteiger partial charge in [0.05, 0.1) is 4.92 Å². The minimum absolute atomic E-state index is 0.144. The van der Waals surface area contributed by atoms with Crippen LogP contribution in [0.2, 0.25) is 0 Å². The van der Waals surface area contributed by atoms with E-state index >= 15 is 0 Å². The normalized spacial score (nSPS) is 22.8. The second-order valence-electron chi connectivity index (χ2n) is 5.92. The summed E-state index contributed by atoms with van der Waals surface area (Å²) >= 11 is 3.28. The minimum Gasteiger partial charge on any atom is -0.377 e. The maximum absolute atomic E-state index is 11.1. The van der Waals surface area contributed by atoms with Gasteiger partial charge in [-0.05, 0) is 49.7 Å². The lowest BCUT2D eigenvalue weighted by Gasteiger charge is -2.31. The van der Waals surface area contributed by atoms with Gasteiger partial charge in [-0.2, -0.15) is 0 Å². The number of hydrogen-bond donors (Lipinski definition) is 1. The van der Waals surface area contributed by atoms with E-state index in [9.17, 15) is 10.1 Å². The summed E-state index contributed by atoms with van der Waals surface area (Å²) in [6.07, 6.45) is 4.60. The fourth-order valence-corrected chi connectivity index (χ4v) is 3.28. The van der Waals surface area contributed by atoms with Gasteiger partial charge in [-0.1, -0.05) is 29.8 Å². The average molecular weight is 341 g/mol. The van der Waals surface area contributed by atoms with E-state index in [2.05, 4.69) is 35.1 Å². The molecule has 1 aliphatic rings. The van der Waals surface area contributed by atoms with Crippen molar-refractivity contribution in [2.45, 2.75) is 45.6 Å². The molecule has 0 aliphatic heterocycles. The smallest absolute Gasteiger partial charge is 0.293 e. The van der Waals surface area contributed by atoms with E-state index in [0.29, 0.717) is 11.7 Å². The monoisotopic (exact) mass is 340 g/mol. The number of benzene rings is 1. The Kier molecular flexibility index (Phi) is 5.02. The van der Waals surface area contributed by atoms with Crippen LogP contribution in [-0.4, -0.2) is 11.0 Å². The van der Waals surface area contributed by atoms with E-state index in [0.717, 1.165) is 29.2 Å². The third-order valence-electron chi connectivity index (χ3n) is 4.23. The Morgan fingerprint density at radius 1 is 1.30 bits per heavy atom. The molecule has 1 aliphatic carbocycles. The van der Waals surface area contributed by atoms with Gasteiger partial charge in [-0.25, -0.2) is 0 Å². The number of anilines is 1. The average Bonchev–Trinajstić information content (AvgIpc) is 2.41. The van der Waals surface area contributed by atoms with Crippen LogP contribution in [0.4, 0.5) is 11.4 Å². The second-order valence-corrected chi connectivity index (χ2v) is 6.83. The van der Waals surface area contributed by atoms with E-state index in [1.54, 1.807) is 12.1 Å². The molecule has 0 atom stereocenters. The fourth-order valence-electron chi connectivity index (χ4n) is 2.93. The molecule has 20 heavy (non-hydrogen) atoms. The van der Waals surface area contributed by atoms with E-state index < -0.39 is 0 Å². The molecule has 0 heterocycles. The standard InChI is InChI=1S/C15H21BrN2O2/c1-10(2)11-3-6-13(7-4-11)17-14-8-5-12(16)9-15(14)18(19)20/h5,8-11,13,17H,3-4,6-7H2,1-2H3. The van der Waals surface area contributed by atoms with Crippen LogP contribution >= 0.6 is 15.9 Å². The van der Waals surface area contributed by atoms with Crippen molar-refractivity contribution in [1.82, 2.24) is 0 Å². The molecule has 2 rings (SSSR count). The molecule has 0 amide bonds. The lowest BCUT2D eigenvalue weighted by molar-refractivity contribution is -0.384. The first-order valence-corrected chi connectivity index (χ1v) is 7.97. The van der Waals surface area contributed by atoms with Gasteiger partial charge in [0, 0.05) is 16.6 Å². The number of rotatable bonds is 4. The van der Waals surface area contributed by atoms with Crippen molar-refractivity contribution in [3.8, 4) is 0 Å². The summed E-state index contributed by atoms with van der Waals surface area (Å²) in [4.78, 5) is 10.8. The Labute approximate surface area is 128 Å². The van der Waals surface area contributed by atoms with Crippen molar-refractivity contribution in [3.63, 3.8) is 0 Å². The first kappa shape index (κ1) is 15.3. The quantitative estimate of drug-likeness (QED) is 0.620. The minimum atomic E-state index is -0.327. The number of nitrogens with one attached hydrogen (secondary N) is 1. The number of nitro benzene ring substituents is 1. The zero-order valence-electron chi connectivity index (χ0n) is 11.9. The maximum atomic E-state index is 11.1. The zero-order chi connectivity index (χ0) is 14.7. The van der Waals surface area contributed by atoms with Crippen LogP contribution in [0, 0.1) is 22.0 Å². The van der Waals surface area contributed by atoms with Crippen LogP contribution in [0.5, 0.6) is 0 Å². The van der Waals surface area contributed by atoms with E-state index in [1.165, 1.54) is 12.8 Å². The van der Waals surface area contributed by atoms with E-state index in [4.69, 9.17) is 0 Å². The molecule has 5 heteroatoms. The van der Waals surface area contributed by atoms with E-state index in [-0.39, 0.29) is 10.6 Å². The first-order chi connectivity index (χ1) is 9.47. The van der Waals surface area contributed by atoms with Crippen LogP contribution in [-0.2, 0) is 0 Å². The SMILES string of the molecule is CC(C)C1CCC(Nc2ccc(Br)cc2[N+](=O)[O-])CC1. The highest BCUT2D eigenvalue weighted by Gasteiger charge is 2.25. The highest BCUT2D eigenvalue weighted by Crippen LogP contribution is 2.34. The number of halogens is 1. The van der Waals surface area contributed by atoms with Gasteiger partial charge in [-0.15, -0.1) is 0 Å². The van der Waals surface area contributed by atoms with Crippen molar-refractivity contribution in [2.75, 3.05) is 5.32 Å². The zero-order valence-corrected chi connectivity index (χ0v) is 13.5. The Morgan fingerprint density at radius 3 is 2.50 bits per heavy atom. The van der Waals surface area contributed by atoms with Gasteiger partial charge in [0.2, 0.25) is 0 Å². The van der Waals surface area contributed by atoms with Crippen molar-refractivity contribution < 1.29 is 4.92 Å². The predicted octanol–water partition coefficient (Wildman–Crippen LogP) is 4.98. The molecule has 1 N–H and O–H groups in total. The Morgan fingerprint density at radius 2 is 1.95 bits per heavy atom. The molecule has 0 radical (unpaired) electrons. The van der Waals surface area contributed by atoms with Crippen LogP contribution < -0.4 is 5.32 Å². The van der Waals surface area contributed by atoms with Crippen molar-refractivity contribution in [2.24, 2.45) is 11.8 Å². The summed E-state index contributed by atoms with van der Waals surface area (Å²) in [7, 11) is 0. The van der Waals surface area contributed by atoms with Gasteiger partial charge in [-0.3, -0.25) is 10.1 Å². The maximum Gasteiger partial charge on any atom is 0.293 e. The Balaban J connectivity index is 2.03. The molecule has 1 fully saturated rings.